The molecule has 3 heterocycles. The van der Waals surface area contributed by atoms with E-state index >= 15 is 0 Å². The lowest BCUT2D eigenvalue weighted by molar-refractivity contribution is -0.118. The van der Waals surface area contributed by atoms with Gasteiger partial charge in [-0.1, -0.05) is 47.6 Å². The van der Waals surface area contributed by atoms with Gasteiger partial charge in [-0.25, -0.2) is 0 Å². The van der Waals surface area contributed by atoms with Gasteiger partial charge in [-0.15, -0.1) is 21.5 Å². The van der Waals surface area contributed by atoms with Crippen LogP contribution in [0, 0.1) is 0 Å². The molecule has 0 bridgehead atoms. The van der Waals surface area contributed by atoms with E-state index in [9.17, 15) is 4.79 Å². The molecule has 0 spiro atoms. The van der Waals surface area contributed by atoms with Crippen LogP contribution >= 0.6 is 34.7 Å². The topological polar surface area (TPSA) is 83.8 Å². The van der Waals surface area contributed by atoms with E-state index in [1.165, 1.54) is 27.6 Å². The minimum Gasteiger partial charge on any atom is -0.411 e. The Bertz CT molecular complexity index is 1360. The van der Waals surface area contributed by atoms with Crippen molar-refractivity contribution in [2.24, 2.45) is 0 Å². The lowest BCUT2D eigenvalue weighted by Crippen LogP contribution is -2.30. The number of aromatic nitrogens is 3. The average molecular weight is 495 g/mol. The van der Waals surface area contributed by atoms with Gasteiger partial charge in [0.05, 0.1) is 5.75 Å². The third-order valence-electron chi connectivity index (χ3n) is 5.21. The number of rotatable bonds is 8. The molecule has 0 aliphatic rings. The molecule has 1 atom stereocenters. The van der Waals surface area contributed by atoms with Crippen LogP contribution in [-0.4, -0.2) is 33.4 Å². The minimum atomic E-state index is -0.0901. The molecule has 3 aromatic heterocycles. The summed E-state index contributed by atoms with van der Waals surface area (Å²) in [5.41, 5.74) is 3.04. The Morgan fingerprint density at radius 1 is 1.12 bits per heavy atom. The number of carbonyl (C=O) groups is 1. The van der Waals surface area contributed by atoms with Crippen molar-refractivity contribution in [3.63, 3.8) is 0 Å². The maximum Gasteiger partial charge on any atom is 0.277 e. The lowest BCUT2D eigenvalue weighted by atomic mass is 9.96. The lowest BCUT2D eigenvalue weighted by Gasteiger charge is -2.16. The van der Waals surface area contributed by atoms with E-state index < -0.39 is 0 Å². The highest BCUT2D eigenvalue weighted by molar-refractivity contribution is 7.99. The van der Waals surface area contributed by atoms with Crippen LogP contribution in [0.4, 0.5) is 0 Å². The monoisotopic (exact) mass is 494 g/mol. The van der Waals surface area contributed by atoms with Crippen molar-refractivity contribution in [1.82, 2.24) is 20.5 Å². The quantitative estimate of drug-likeness (QED) is 0.259. The molecule has 0 saturated carbocycles. The summed E-state index contributed by atoms with van der Waals surface area (Å²) < 4.78 is 5.67. The number of nitrogens with one attached hydrogen (secondary N) is 2. The number of carbonyl (C=O) groups excluding carboxylic acids is 1. The summed E-state index contributed by atoms with van der Waals surface area (Å²) in [4.78, 5) is 17.1. The molecule has 1 amide bonds. The van der Waals surface area contributed by atoms with Gasteiger partial charge < -0.3 is 14.7 Å². The Hall–Kier alpha value is -3.07. The van der Waals surface area contributed by atoms with E-state index in [2.05, 4.69) is 44.1 Å². The predicted molar refractivity (Wildman–Crippen MR) is 133 cm³/mol. The van der Waals surface area contributed by atoms with Crippen LogP contribution in [0.15, 0.2) is 81.9 Å². The van der Waals surface area contributed by atoms with Crippen LogP contribution in [0.2, 0.25) is 5.02 Å². The number of para-hydroxylation sites is 1. The number of fused-ring (bicyclic) bond motifs is 1. The Kier molecular flexibility index (Phi) is 6.48. The van der Waals surface area contributed by atoms with E-state index in [4.69, 9.17) is 16.0 Å². The molecular weight excluding hydrogens is 476 g/mol. The van der Waals surface area contributed by atoms with Crippen molar-refractivity contribution in [2.75, 3.05) is 12.3 Å². The van der Waals surface area contributed by atoms with E-state index in [1.807, 2.05) is 36.5 Å². The van der Waals surface area contributed by atoms with E-state index in [0.717, 1.165) is 11.1 Å². The number of nitrogens with zero attached hydrogens (tertiary/aromatic N) is 2. The number of benzene rings is 2. The summed E-state index contributed by atoms with van der Waals surface area (Å²) in [6.45, 7) is 0.502. The zero-order valence-electron chi connectivity index (χ0n) is 17.3. The molecule has 9 heteroatoms. The van der Waals surface area contributed by atoms with Gasteiger partial charge in [0.2, 0.25) is 11.8 Å². The molecular formula is C24H19ClN4O2S2. The number of thiophene rings is 1. The van der Waals surface area contributed by atoms with Gasteiger partial charge in [0.1, 0.15) is 0 Å². The van der Waals surface area contributed by atoms with Crippen LogP contribution < -0.4 is 5.32 Å². The molecule has 2 N–H and O–H groups in total. The smallest absolute Gasteiger partial charge is 0.277 e. The Morgan fingerprint density at radius 3 is 2.79 bits per heavy atom. The van der Waals surface area contributed by atoms with Gasteiger partial charge in [-0.05, 0) is 47.3 Å². The zero-order chi connectivity index (χ0) is 22.6. The highest BCUT2D eigenvalue weighted by Crippen LogP contribution is 2.33. The van der Waals surface area contributed by atoms with E-state index in [0.29, 0.717) is 22.7 Å². The van der Waals surface area contributed by atoms with Crippen molar-refractivity contribution >= 4 is 51.5 Å². The zero-order valence-corrected chi connectivity index (χ0v) is 19.7. The molecule has 0 radical (unpaired) electrons. The second-order valence-electron chi connectivity index (χ2n) is 7.33. The fourth-order valence-electron chi connectivity index (χ4n) is 3.61. The van der Waals surface area contributed by atoms with Gasteiger partial charge >= 0.3 is 0 Å². The van der Waals surface area contributed by atoms with Gasteiger partial charge in [-0.2, -0.15) is 0 Å². The number of thioether (sulfide) groups is 1. The fourth-order valence-corrected chi connectivity index (χ4v) is 5.17. The molecule has 6 nitrogen and oxygen atoms in total. The molecule has 33 heavy (non-hydrogen) atoms. The van der Waals surface area contributed by atoms with Crippen LogP contribution in [0.1, 0.15) is 16.4 Å². The SMILES string of the molecule is O=C(CSc1nnc(-c2ccc(Cl)cc2)o1)NCC(c1cccs1)c1c[nH]c2ccccc12. The van der Waals surface area contributed by atoms with Crippen molar-refractivity contribution in [3.05, 3.63) is 87.7 Å². The predicted octanol–water partition coefficient (Wildman–Crippen LogP) is 5.97. The average Bonchev–Trinajstić information content (AvgIpc) is 3.60. The first-order valence-corrected chi connectivity index (χ1v) is 12.5. The van der Waals surface area contributed by atoms with E-state index in [-0.39, 0.29) is 17.6 Å². The Labute approximate surface area is 203 Å². The molecule has 0 aliphatic carbocycles. The summed E-state index contributed by atoms with van der Waals surface area (Å²) in [6, 6.07) is 19.5. The van der Waals surface area contributed by atoms with Crippen molar-refractivity contribution in [3.8, 4) is 11.5 Å². The number of amides is 1. The number of hydrogen-bond acceptors (Lipinski definition) is 6. The highest BCUT2D eigenvalue weighted by Gasteiger charge is 2.20. The molecule has 5 rings (SSSR count). The summed E-state index contributed by atoms with van der Waals surface area (Å²) in [6.07, 6.45) is 2.03. The number of aromatic amines is 1. The fraction of sp³-hybridized carbons (Fsp3) is 0.125. The molecule has 0 saturated heterocycles. The maximum atomic E-state index is 12.6. The van der Waals surface area contributed by atoms with Crippen molar-refractivity contribution in [2.45, 2.75) is 11.1 Å². The molecule has 166 valence electrons. The van der Waals surface area contributed by atoms with Crippen LogP contribution in [-0.2, 0) is 4.79 Å². The summed E-state index contributed by atoms with van der Waals surface area (Å²) in [5, 5.41) is 15.4. The van der Waals surface area contributed by atoms with Gasteiger partial charge in [-0.3, -0.25) is 4.79 Å². The normalized spacial score (nSPS) is 12.2. The highest BCUT2D eigenvalue weighted by atomic mass is 35.5. The van der Waals surface area contributed by atoms with Gasteiger partial charge in [0, 0.05) is 45.0 Å². The standard InChI is InChI=1S/C24H19ClN4O2S2/c25-16-9-7-15(8-10-16)23-28-29-24(31-23)33-14-22(30)27-13-19(21-6-3-11-32-21)18-12-26-20-5-2-1-4-17(18)20/h1-12,19,26H,13-14H2,(H,27,30). The number of halogens is 1. The first kappa shape index (κ1) is 21.8. The largest absolute Gasteiger partial charge is 0.411 e. The molecule has 5 aromatic rings. The second-order valence-corrected chi connectivity index (χ2v) is 9.67. The molecule has 0 aliphatic heterocycles. The molecule has 2 aromatic carbocycles. The van der Waals surface area contributed by atoms with Gasteiger partial charge in [0.15, 0.2) is 0 Å². The minimum absolute atomic E-state index is 0.0648. The number of H-pyrrole nitrogens is 1. The Morgan fingerprint density at radius 2 is 1.97 bits per heavy atom. The van der Waals surface area contributed by atoms with Crippen LogP contribution in [0.25, 0.3) is 22.4 Å². The Balaban J connectivity index is 1.22. The first-order valence-electron chi connectivity index (χ1n) is 10.3. The van der Waals surface area contributed by atoms with Crippen molar-refractivity contribution < 1.29 is 9.21 Å². The first-order chi connectivity index (χ1) is 16.2. The third kappa shape index (κ3) is 4.98. The second kappa shape index (κ2) is 9.82. The molecule has 1 unspecified atom stereocenters. The van der Waals surface area contributed by atoms with Crippen LogP contribution in [0.5, 0.6) is 0 Å². The summed E-state index contributed by atoms with van der Waals surface area (Å²) in [7, 11) is 0. The maximum absolute atomic E-state index is 12.6. The number of hydrogen-bond donors (Lipinski definition) is 2. The summed E-state index contributed by atoms with van der Waals surface area (Å²) >= 11 is 8.82. The van der Waals surface area contributed by atoms with Crippen molar-refractivity contribution in [1.29, 1.82) is 0 Å². The summed E-state index contributed by atoms with van der Waals surface area (Å²) in [5.74, 6) is 0.558. The van der Waals surface area contributed by atoms with Crippen LogP contribution in [0.3, 0.4) is 0 Å². The van der Waals surface area contributed by atoms with Gasteiger partial charge in [0.25, 0.3) is 5.22 Å². The van der Waals surface area contributed by atoms with E-state index in [1.54, 1.807) is 23.5 Å². The third-order valence-corrected chi connectivity index (χ3v) is 7.27. The molecule has 0 fully saturated rings.